The molecule has 0 spiro atoms. The Balaban J connectivity index is 3.04. The third kappa shape index (κ3) is 2.79. The van der Waals surface area contributed by atoms with Gasteiger partial charge in [0.15, 0.2) is 0 Å². The zero-order chi connectivity index (χ0) is 12.3. The summed E-state index contributed by atoms with van der Waals surface area (Å²) in [7, 11) is 3.72. The molecular formula is C11H15ClN2O2. The Morgan fingerprint density at radius 3 is 2.62 bits per heavy atom. The van der Waals surface area contributed by atoms with E-state index in [0.29, 0.717) is 10.7 Å². The van der Waals surface area contributed by atoms with Crippen LogP contribution in [-0.4, -0.2) is 31.2 Å². The molecule has 4 nitrogen and oxygen atoms in total. The molecule has 1 atom stereocenters. The lowest BCUT2D eigenvalue weighted by atomic mass is 10.2. The van der Waals surface area contributed by atoms with E-state index in [9.17, 15) is 4.79 Å². The van der Waals surface area contributed by atoms with Crippen LogP contribution >= 0.6 is 11.6 Å². The van der Waals surface area contributed by atoms with Crippen molar-refractivity contribution in [3.8, 4) is 0 Å². The molecule has 1 aromatic rings. The molecule has 0 fully saturated rings. The molecule has 0 aliphatic rings. The first-order valence-electron chi connectivity index (χ1n) is 4.88. The molecule has 0 radical (unpaired) electrons. The molecule has 0 saturated heterocycles. The molecule has 16 heavy (non-hydrogen) atoms. The fraction of sp³-hybridized carbons (Fsp3) is 0.364. The van der Waals surface area contributed by atoms with E-state index in [4.69, 9.17) is 16.7 Å². The molecular weight excluding hydrogens is 228 g/mol. The van der Waals surface area contributed by atoms with Crippen LogP contribution in [0.3, 0.4) is 0 Å². The summed E-state index contributed by atoms with van der Waals surface area (Å²) in [5.41, 5.74) is 1.50. The van der Waals surface area contributed by atoms with Crippen molar-refractivity contribution in [1.29, 1.82) is 0 Å². The molecule has 0 aromatic heterocycles. The molecule has 0 aliphatic carbocycles. The molecule has 2 N–H and O–H groups in total. The first kappa shape index (κ1) is 12.6. The fourth-order valence-corrected chi connectivity index (χ4v) is 1.72. The maximum atomic E-state index is 10.8. The van der Waals surface area contributed by atoms with Gasteiger partial charge < -0.3 is 15.3 Å². The molecule has 0 saturated carbocycles. The number of halogens is 1. The van der Waals surface area contributed by atoms with Gasteiger partial charge in [0.2, 0.25) is 0 Å². The average Bonchev–Trinajstić information content (AvgIpc) is 2.16. The van der Waals surface area contributed by atoms with Crippen molar-refractivity contribution >= 4 is 28.9 Å². The molecule has 0 amide bonds. The van der Waals surface area contributed by atoms with E-state index in [1.165, 1.54) is 0 Å². The van der Waals surface area contributed by atoms with Gasteiger partial charge in [-0.15, -0.1) is 0 Å². The van der Waals surface area contributed by atoms with Gasteiger partial charge in [0.25, 0.3) is 0 Å². The van der Waals surface area contributed by atoms with Crippen molar-refractivity contribution in [2.45, 2.75) is 13.0 Å². The van der Waals surface area contributed by atoms with Crippen LogP contribution in [-0.2, 0) is 4.79 Å². The molecule has 0 aliphatic heterocycles. The van der Waals surface area contributed by atoms with Crippen LogP contribution in [0, 0.1) is 0 Å². The molecule has 0 bridgehead atoms. The lowest BCUT2D eigenvalue weighted by molar-refractivity contribution is -0.137. The van der Waals surface area contributed by atoms with Gasteiger partial charge in [-0.25, -0.2) is 0 Å². The highest BCUT2D eigenvalue weighted by molar-refractivity contribution is 6.34. The molecule has 88 valence electrons. The molecule has 1 aromatic carbocycles. The van der Waals surface area contributed by atoms with Crippen LogP contribution < -0.4 is 10.2 Å². The van der Waals surface area contributed by atoms with Gasteiger partial charge in [0.05, 0.1) is 16.4 Å². The second kappa shape index (κ2) is 5.07. The number of rotatable bonds is 4. The summed E-state index contributed by atoms with van der Waals surface area (Å²) in [4.78, 5) is 12.6. The van der Waals surface area contributed by atoms with E-state index < -0.39 is 12.0 Å². The van der Waals surface area contributed by atoms with E-state index in [1.54, 1.807) is 25.1 Å². The normalized spacial score (nSPS) is 12.0. The smallest absolute Gasteiger partial charge is 0.325 e. The van der Waals surface area contributed by atoms with Gasteiger partial charge in [-0.1, -0.05) is 17.7 Å². The number of para-hydroxylation sites is 1. The minimum Gasteiger partial charge on any atom is -0.480 e. The van der Waals surface area contributed by atoms with Crippen molar-refractivity contribution in [3.05, 3.63) is 23.2 Å². The van der Waals surface area contributed by atoms with E-state index in [2.05, 4.69) is 5.32 Å². The highest BCUT2D eigenvalue weighted by atomic mass is 35.5. The summed E-state index contributed by atoms with van der Waals surface area (Å²) in [6, 6.07) is 4.71. The summed E-state index contributed by atoms with van der Waals surface area (Å²) in [5.74, 6) is -0.898. The summed E-state index contributed by atoms with van der Waals surface area (Å²) >= 11 is 6.06. The molecule has 1 unspecified atom stereocenters. The number of carbonyl (C=O) groups is 1. The van der Waals surface area contributed by atoms with Crippen molar-refractivity contribution in [1.82, 2.24) is 0 Å². The van der Waals surface area contributed by atoms with Crippen LogP contribution in [0.25, 0.3) is 0 Å². The Morgan fingerprint density at radius 1 is 1.50 bits per heavy atom. The van der Waals surface area contributed by atoms with Crippen LogP contribution in [0.4, 0.5) is 11.4 Å². The van der Waals surface area contributed by atoms with Crippen molar-refractivity contribution in [2.24, 2.45) is 0 Å². The SMILES string of the molecule is CC(Nc1cccc(Cl)c1N(C)C)C(=O)O. The zero-order valence-corrected chi connectivity index (χ0v) is 10.2. The maximum absolute atomic E-state index is 10.8. The average molecular weight is 243 g/mol. The highest BCUT2D eigenvalue weighted by Gasteiger charge is 2.14. The number of aliphatic carboxylic acids is 1. The number of carboxylic acids is 1. The molecule has 1 rings (SSSR count). The third-order valence-corrected chi connectivity index (χ3v) is 2.48. The lowest BCUT2D eigenvalue weighted by Crippen LogP contribution is -2.26. The zero-order valence-electron chi connectivity index (χ0n) is 9.49. The standard InChI is InChI=1S/C11H15ClN2O2/c1-7(11(15)16)13-9-6-4-5-8(12)10(9)14(2)3/h4-7,13H,1-3H3,(H,15,16). The Labute approximate surface area is 99.8 Å². The third-order valence-electron chi connectivity index (χ3n) is 2.18. The van der Waals surface area contributed by atoms with Crippen molar-refractivity contribution < 1.29 is 9.90 Å². The van der Waals surface area contributed by atoms with Crippen molar-refractivity contribution in [2.75, 3.05) is 24.3 Å². The van der Waals surface area contributed by atoms with Gasteiger partial charge >= 0.3 is 5.97 Å². The van der Waals surface area contributed by atoms with E-state index >= 15 is 0 Å². The Morgan fingerprint density at radius 2 is 2.12 bits per heavy atom. The summed E-state index contributed by atoms with van der Waals surface area (Å²) in [6.45, 7) is 1.59. The lowest BCUT2D eigenvalue weighted by Gasteiger charge is -2.21. The highest BCUT2D eigenvalue weighted by Crippen LogP contribution is 2.32. The Bertz CT molecular complexity index is 394. The first-order valence-corrected chi connectivity index (χ1v) is 5.26. The number of hydrogen-bond donors (Lipinski definition) is 2. The number of carboxylic acid groups (broad SMARTS) is 1. The second-order valence-electron chi connectivity index (χ2n) is 3.73. The number of nitrogens with zero attached hydrogens (tertiary/aromatic N) is 1. The predicted octanol–water partition coefficient (Wildman–Crippen LogP) is 2.29. The molecule has 5 heteroatoms. The van der Waals surface area contributed by atoms with Gasteiger partial charge in [0, 0.05) is 14.1 Å². The number of nitrogens with one attached hydrogen (secondary N) is 1. The second-order valence-corrected chi connectivity index (χ2v) is 4.14. The van der Waals surface area contributed by atoms with E-state index in [0.717, 1.165) is 5.69 Å². The van der Waals surface area contributed by atoms with Crippen LogP contribution in [0.5, 0.6) is 0 Å². The maximum Gasteiger partial charge on any atom is 0.325 e. The molecule has 0 heterocycles. The van der Waals surface area contributed by atoms with Crippen LogP contribution in [0.1, 0.15) is 6.92 Å². The van der Waals surface area contributed by atoms with Crippen LogP contribution in [0.15, 0.2) is 18.2 Å². The quantitative estimate of drug-likeness (QED) is 0.851. The van der Waals surface area contributed by atoms with Gasteiger partial charge in [-0.2, -0.15) is 0 Å². The fourth-order valence-electron chi connectivity index (χ4n) is 1.38. The van der Waals surface area contributed by atoms with Gasteiger partial charge in [-0.05, 0) is 19.1 Å². The number of hydrogen-bond acceptors (Lipinski definition) is 3. The summed E-state index contributed by atoms with van der Waals surface area (Å²) in [5, 5.41) is 12.3. The van der Waals surface area contributed by atoms with Gasteiger partial charge in [-0.3, -0.25) is 4.79 Å². The summed E-state index contributed by atoms with van der Waals surface area (Å²) in [6.07, 6.45) is 0. The monoisotopic (exact) mass is 242 g/mol. The first-order chi connectivity index (χ1) is 7.43. The van der Waals surface area contributed by atoms with Crippen LogP contribution in [0.2, 0.25) is 5.02 Å². The topological polar surface area (TPSA) is 52.6 Å². The predicted molar refractivity (Wildman–Crippen MR) is 66.5 cm³/mol. The Kier molecular flexibility index (Phi) is 4.01. The number of benzene rings is 1. The van der Waals surface area contributed by atoms with Crippen molar-refractivity contribution in [3.63, 3.8) is 0 Å². The largest absolute Gasteiger partial charge is 0.480 e. The van der Waals surface area contributed by atoms with Gasteiger partial charge in [0.1, 0.15) is 6.04 Å². The minimum atomic E-state index is -0.898. The minimum absolute atomic E-state index is 0.590. The number of anilines is 2. The Hall–Kier alpha value is -1.42. The van der Waals surface area contributed by atoms with E-state index in [1.807, 2.05) is 19.0 Å². The summed E-state index contributed by atoms with van der Waals surface area (Å²) < 4.78 is 0. The van der Waals surface area contributed by atoms with E-state index in [-0.39, 0.29) is 0 Å².